The molecule has 134 valence electrons. The predicted octanol–water partition coefficient (Wildman–Crippen LogP) is 3.92. The second-order valence-electron chi connectivity index (χ2n) is 5.56. The molecular formula is C19H18N2O4S. The van der Waals surface area contributed by atoms with Crippen LogP contribution in [-0.2, 0) is 4.79 Å². The molecule has 0 radical (unpaired) electrons. The van der Waals surface area contributed by atoms with Crippen LogP contribution in [-0.4, -0.2) is 30.9 Å². The van der Waals surface area contributed by atoms with E-state index in [1.54, 1.807) is 38.5 Å². The molecule has 0 aliphatic heterocycles. The zero-order chi connectivity index (χ0) is 18.5. The van der Waals surface area contributed by atoms with Crippen molar-refractivity contribution in [1.29, 1.82) is 0 Å². The third kappa shape index (κ3) is 4.18. The summed E-state index contributed by atoms with van der Waals surface area (Å²) < 4.78 is 11.2. The molecule has 1 N–H and O–H groups in total. The topological polar surface area (TPSA) is 77.5 Å². The van der Waals surface area contributed by atoms with Crippen molar-refractivity contribution in [2.24, 2.45) is 0 Å². The molecule has 7 heteroatoms. The molecule has 0 unspecified atom stereocenters. The number of ether oxygens (including phenoxy) is 2. The molecule has 1 amide bonds. The first kappa shape index (κ1) is 17.9. The quantitative estimate of drug-likeness (QED) is 0.638. The Morgan fingerprint density at radius 3 is 2.58 bits per heavy atom. The molecule has 6 nitrogen and oxygen atoms in total. The Kier molecular flexibility index (Phi) is 5.48. The van der Waals surface area contributed by atoms with Gasteiger partial charge in [0.1, 0.15) is 11.5 Å². The van der Waals surface area contributed by atoms with E-state index in [-0.39, 0.29) is 24.5 Å². The summed E-state index contributed by atoms with van der Waals surface area (Å²) in [4.78, 5) is 28.7. The maximum atomic E-state index is 12.2. The van der Waals surface area contributed by atoms with Gasteiger partial charge in [0.25, 0.3) is 0 Å². The number of thiazole rings is 1. The molecular weight excluding hydrogens is 352 g/mol. The summed E-state index contributed by atoms with van der Waals surface area (Å²) in [5.41, 5.74) is 1.32. The highest BCUT2D eigenvalue weighted by molar-refractivity contribution is 7.22. The smallest absolute Gasteiger partial charge is 0.226 e. The molecule has 0 saturated carbocycles. The van der Waals surface area contributed by atoms with Crippen LogP contribution in [0.25, 0.3) is 10.2 Å². The van der Waals surface area contributed by atoms with Crippen LogP contribution in [0.3, 0.4) is 0 Å². The van der Waals surface area contributed by atoms with Crippen LogP contribution in [0.2, 0.25) is 0 Å². The number of aromatic nitrogens is 1. The minimum absolute atomic E-state index is 0.0925. The normalized spacial score (nSPS) is 10.5. The monoisotopic (exact) mass is 370 g/mol. The summed E-state index contributed by atoms with van der Waals surface area (Å²) in [6.45, 7) is 0. The Labute approximate surface area is 154 Å². The third-order valence-electron chi connectivity index (χ3n) is 3.81. The van der Waals surface area contributed by atoms with E-state index in [9.17, 15) is 9.59 Å². The second-order valence-corrected chi connectivity index (χ2v) is 6.59. The maximum Gasteiger partial charge on any atom is 0.226 e. The average molecular weight is 370 g/mol. The van der Waals surface area contributed by atoms with Crippen molar-refractivity contribution >= 4 is 38.4 Å². The lowest BCUT2D eigenvalue weighted by Gasteiger charge is -2.04. The zero-order valence-electron chi connectivity index (χ0n) is 14.4. The number of ketones is 1. The van der Waals surface area contributed by atoms with E-state index in [4.69, 9.17) is 9.47 Å². The minimum Gasteiger partial charge on any atom is -0.497 e. The van der Waals surface area contributed by atoms with E-state index >= 15 is 0 Å². The summed E-state index contributed by atoms with van der Waals surface area (Å²) in [5, 5.41) is 3.26. The molecule has 2 aromatic carbocycles. The van der Waals surface area contributed by atoms with Gasteiger partial charge in [-0.15, -0.1) is 0 Å². The van der Waals surface area contributed by atoms with Crippen LogP contribution in [0.15, 0.2) is 42.5 Å². The summed E-state index contributed by atoms with van der Waals surface area (Å²) in [6.07, 6.45) is 0.215. The number of fused-ring (bicyclic) bond motifs is 1. The van der Waals surface area contributed by atoms with Crippen molar-refractivity contribution in [3.8, 4) is 11.5 Å². The molecule has 0 spiro atoms. The molecule has 0 fully saturated rings. The molecule has 26 heavy (non-hydrogen) atoms. The van der Waals surface area contributed by atoms with Gasteiger partial charge in [-0.2, -0.15) is 0 Å². The van der Waals surface area contributed by atoms with E-state index in [0.717, 1.165) is 16.0 Å². The van der Waals surface area contributed by atoms with Gasteiger partial charge in [-0.1, -0.05) is 23.5 Å². The van der Waals surface area contributed by atoms with Crippen molar-refractivity contribution in [1.82, 2.24) is 4.98 Å². The van der Waals surface area contributed by atoms with E-state index in [2.05, 4.69) is 10.3 Å². The summed E-state index contributed by atoms with van der Waals surface area (Å²) in [5.74, 6) is 1.01. The van der Waals surface area contributed by atoms with Crippen LogP contribution in [0.5, 0.6) is 11.5 Å². The van der Waals surface area contributed by atoms with Gasteiger partial charge in [-0.05, 0) is 30.3 Å². The van der Waals surface area contributed by atoms with Gasteiger partial charge in [0.15, 0.2) is 10.9 Å². The van der Waals surface area contributed by atoms with Crippen molar-refractivity contribution in [2.45, 2.75) is 12.8 Å². The summed E-state index contributed by atoms with van der Waals surface area (Å²) in [7, 11) is 3.15. The highest BCUT2D eigenvalue weighted by atomic mass is 32.1. The molecule has 0 bridgehead atoms. The van der Waals surface area contributed by atoms with Crippen LogP contribution in [0, 0.1) is 0 Å². The third-order valence-corrected chi connectivity index (χ3v) is 4.75. The number of amides is 1. The van der Waals surface area contributed by atoms with Crippen LogP contribution >= 0.6 is 11.3 Å². The van der Waals surface area contributed by atoms with Gasteiger partial charge in [0.2, 0.25) is 5.91 Å². The molecule has 1 aromatic heterocycles. The van der Waals surface area contributed by atoms with Gasteiger partial charge in [-0.3, -0.25) is 9.59 Å². The molecule has 0 aliphatic carbocycles. The number of nitrogens with zero attached hydrogens (tertiary/aromatic N) is 1. The number of hydrogen-bond acceptors (Lipinski definition) is 6. The van der Waals surface area contributed by atoms with Gasteiger partial charge in [0.05, 0.1) is 24.4 Å². The minimum atomic E-state index is -0.243. The number of rotatable bonds is 7. The number of methoxy groups -OCH3 is 2. The average Bonchev–Trinajstić information content (AvgIpc) is 3.07. The Morgan fingerprint density at radius 2 is 1.81 bits per heavy atom. The molecule has 0 aliphatic rings. The summed E-state index contributed by atoms with van der Waals surface area (Å²) in [6, 6.07) is 12.4. The number of benzene rings is 2. The fourth-order valence-electron chi connectivity index (χ4n) is 2.44. The van der Waals surface area contributed by atoms with E-state index in [1.807, 2.05) is 18.2 Å². The Balaban J connectivity index is 1.59. The van der Waals surface area contributed by atoms with Crippen LogP contribution in [0.1, 0.15) is 23.2 Å². The molecule has 3 aromatic rings. The van der Waals surface area contributed by atoms with Crippen LogP contribution in [0.4, 0.5) is 5.13 Å². The first-order chi connectivity index (χ1) is 12.6. The molecule has 0 saturated heterocycles. The van der Waals surface area contributed by atoms with E-state index in [1.165, 1.54) is 11.3 Å². The number of hydrogen-bond donors (Lipinski definition) is 1. The highest BCUT2D eigenvalue weighted by Gasteiger charge is 2.12. The SMILES string of the molecule is COc1cccc(C(=O)CCC(=O)Nc2nc3ccc(OC)cc3s2)c1. The highest BCUT2D eigenvalue weighted by Crippen LogP contribution is 2.29. The van der Waals surface area contributed by atoms with Gasteiger partial charge >= 0.3 is 0 Å². The number of carbonyl (C=O) groups is 2. The number of nitrogens with one attached hydrogen (secondary N) is 1. The predicted molar refractivity (Wildman–Crippen MR) is 101 cm³/mol. The lowest BCUT2D eigenvalue weighted by molar-refractivity contribution is -0.116. The first-order valence-corrected chi connectivity index (χ1v) is 8.82. The second kappa shape index (κ2) is 7.97. The Hall–Kier alpha value is -2.93. The molecule has 1 heterocycles. The number of carbonyl (C=O) groups excluding carboxylic acids is 2. The van der Waals surface area contributed by atoms with Gasteiger partial charge < -0.3 is 14.8 Å². The van der Waals surface area contributed by atoms with Gasteiger partial charge in [0, 0.05) is 18.4 Å². The van der Waals surface area contributed by atoms with Crippen molar-refractivity contribution in [2.75, 3.05) is 19.5 Å². The van der Waals surface area contributed by atoms with Gasteiger partial charge in [-0.25, -0.2) is 4.98 Å². The lowest BCUT2D eigenvalue weighted by atomic mass is 10.1. The van der Waals surface area contributed by atoms with Crippen molar-refractivity contribution in [3.05, 3.63) is 48.0 Å². The fourth-order valence-corrected chi connectivity index (χ4v) is 3.35. The van der Waals surface area contributed by atoms with Crippen LogP contribution < -0.4 is 14.8 Å². The number of Topliss-reactive ketones (excluding diaryl/α,β-unsaturated/α-hetero) is 1. The fraction of sp³-hybridized carbons (Fsp3) is 0.211. The van der Waals surface area contributed by atoms with Crippen molar-refractivity contribution in [3.63, 3.8) is 0 Å². The first-order valence-electron chi connectivity index (χ1n) is 8.00. The molecule has 0 atom stereocenters. The Morgan fingerprint density at radius 1 is 1.04 bits per heavy atom. The Bertz CT molecular complexity index is 952. The van der Waals surface area contributed by atoms with Crippen molar-refractivity contribution < 1.29 is 19.1 Å². The van der Waals surface area contributed by atoms with E-state index < -0.39 is 0 Å². The standard InChI is InChI=1S/C19H18N2O4S/c1-24-13-5-3-4-12(10-13)16(22)8-9-18(23)21-19-20-15-7-6-14(25-2)11-17(15)26-19/h3-7,10-11H,8-9H2,1-2H3,(H,20,21,23). The van der Waals surface area contributed by atoms with E-state index in [0.29, 0.717) is 16.4 Å². The number of anilines is 1. The summed E-state index contributed by atoms with van der Waals surface area (Å²) >= 11 is 1.37. The maximum absolute atomic E-state index is 12.2. The lowest BCUT2D eigenvalue weighted by Crippen LogP contribution is -2.13. The largest absolute Gasteiger partial charge is 0.497 e. The zero-order valence-corrected chi connectivity index (χ0v) is 15.3. The molecule has 3 rings (SSSR count).